The highest BCUT2D eigenvalue weighted by atomic mass is 16.5. The largest absolute Gasteiger partial charge is 0.495 e. The molecule has 0 aliphatic heterocycles. The average Bonchev–Trinajstić information content (AvgIpc) is 2.46. The third-order valence-electron chi connectivity index (χ3n) is 2.64. The summed E-state index contributed by atoms with van der Waals surface area (Å²) < 4.78 is 5.07. The lowest BCUT2D eigenvalue weighted by molar-refractivity contribution is 0.0946. The van der Waals surface area contributed by atoms with E-state index < -0.39 is 0 Å². The third kappa shape index (κ3) is 3.22. The summed E-state index contributed by atoms with van der Waals surface area (Å²) in [6.45, 7) is 0.392. The molecule has 1 aromatic carbocycles. The van der Waals surface area contributed by atoms with E-state index in [0.717, 1.165) is 5.56 Å². The third-order valence-corrected chi connectivity index (χ3v) is 2.64. The summed E-state index contributed by atoms with van der Waals surface area (Å²) in [5, 5.41) is 2.78. The number of rotatable bonds is 4. The van der Waals surface area contributed by atoms with Crippen LogP contribution in [0.4, 0.5) is 5.69 Å². The van der Waals surface area contributed by atoms with Crippen LogP contribution in [-0.4, -0.2) is 18.0 Å². The fraction of sp³-hybridized carbons (Fsp3) is 0.143. The van der Waals surface area contributed by atoms with Crippen molar-refractivity contribution in [3.05, 3.63) is 53.9 Å². The summed E-state index contributed by atoms with van der Waals surface area (Å²) in [4.78, 5) is 15.8. The number of nitrogens with one attached hydrogen (secondary N) is 1. The van der Waals surface area contributed by atoms with Gasteiger partial charge in [-0.2, -0.15) is 0 Å². The van der Waals surface area contributed by atoms with E-state index in [2.05, 4.69) is 10.3 Å². The average molecular weight is 257 g/mol. The number of anilines is 1. The van der Waals surface area contributed by atoms with E-state index in [9.17, 15) is 4.79 Å². The lowest BCUT2D eigenvalue weighted by atomic mass is 10.2. The van der Waals surface area contributed by atoms with Gasteiger partial charge in [-0.25, -0.2) is 0 Å². The van der Waals surface area contributed by atoms with Crippen molar-refractivity contribution in [1.82, 2.24) is 10.3 Å². The number of hydrogen-bond donors (Lipinski definition) is 2. The molecule has 0 saturated heterocycles. The molecule has 19 heavy (non-hydrogen) atoms. The quantitative estimate of drug-likeness (QED) is 0.816. The summed E-state index contributed by atoms with van der Waals surface area (Å²) in [6.07, 6.45) is 1.58. The van der Waals surface area contributed by atoms with Crippen molar-refractivity contribution in [3.8, 4) is 5.75 Å². The minimum absolute atomic E-state index is 0.213. The first-order valence-electron chi connectivity index (χ1n) is 5.82. The molecule has 0 unspecified atom stereocenters. The van der Waals surface area contributed by atoms with Gasteiger partial charge < -0.3 is 15.8 Å². The van der Waals surface area contributed by atoms with Crippen LogP contribution in [0, 0.1) is 0 Å². The van der Waals surface area contributed by atoms with Gasteiger partial charge in [0.2, 0.25) is 0 Å². The van der Waals surface area contributed by atoms with E-state index in [-0.39, 0.29) is 5.91 Å². The number of hydrogen-bond acceptors (Lipinski definition) is 4. The Morgan fingerprint density at radius 2 is 2.21 bits per heavy atom. The molecule has 2 rings (SSSR count). The molecule has 1 heterocycles. The zero-order valence-corrected chi connectivity index (χ0v) is 10.6. The predicted molar refractivity (Wildman–Crippen MR) is 72.8 cm³/mol. The number of nitrogens with two attached hydrogens (primary N) is 1. The Labute approximate surface area is 111 Å². The molecule has 1 amide bonds. The predicted octanol–water partition coefficient (Wildman–Crippen LogP) is 1.60. The summed E-state index contributed by atoms with van der Waals surface area (Å²) in [6, 6.07) is 10.6. The first-order valence-corrected chi connectivity index (χ1v) is 5.82. The summed E-state index contributed by atoms with van der Waals surface area (Å²) in [7, 11) is 1.56. The summed E-state index contributed by atoms with van der Waals surface area (Å²) in [5.74, 6) is 0.412. The number of methoxy groups -OCH3 is 1. The maximum Gasteiger partial charge on any atom is 0.270 e. The molecule has 5 heteroatoms. The van der Waals surface area contributed by atoms with Gasteiger partial charge in [0.05, 0.1) is 12.8 Å². The molecular weight excluding hydrogens is 242 g/mol. The molecule has 0 aliphatic rings. The molecule has 0 radical (unpaired) electrons. The molecule has 0 bridgehead atoms. The highest BCUT2D eigenvalue weighted by Crippen LogP contribution is 2.21. The van der Waals surface area contributed by atoms with Crippen LogP contribution in [0.15, 0.2) is 42.6 Å². The number of pyridine rings is 1. The Morgan fingerprint density at radius 1 is 1.37 bits per heavy atom. The van der Waals surface area contributed by atoms with Crippen LogP contribution >= 0.6 is 0 Å². The number of ether oxygens (including phenoxy) is 1. The highest BCUT2D eigenvalue weighted by Gasteiger charge is 2.06. The summed E-state index contributed by atoms with van der Waals surface area (Å²) in [5.41, 5.74) is 7.65. The molecule has 0 atom stereocenters. The van der Waals surface area contributed by atoms with Crippen LogP contribution < -0.4 is 15.8 Å². The van der Waals surface area contributed by atoms with E-state index >= 15 is 0 Å². The SMILES string of the molecule is COc1ccc(CNC(=O)c2ccccn2)cc1N. The fourth-order valence-electron chi connectivity index (χ4n) is 1.66. The highest BCUT2D eigenvalue weighted by molar-refractivity contribution is 5.92. The number of nitrogen functional groups attached to an aromatic ring is 1. The van der Waals surface area contributed by atoms with Gasteiger partial charge in [0.15, 0.2) is 0 Å². The molecule has 0 fully saturated rings. The van der Waals surface area contributed by atoms with Crippen molar-refractivity contribution in [3.63, 3.8) is 0 Å². The van der Waals surface area contributed by atoms with Gasteiger partial charge in [0.1, 0.15) is 11.4 Å². The first-order chi connectivity index (χ1) is 9.20. The monoisotopic (exact) mass is 257 g/mol. The van der Waals surface area contributed by atoms with Crippen molar-refractivity contribution < 1.29 is 9.53 Å². The molecule has 98 valence electrons. The van der Waals surface area contributed by atoms with Gasteiger partial charge in [-0.1, -0.05) is 12.1 Å². The lowest BCUT2D eigenvalue weighted by Gasteiger charge is -2.08. The van der Waals surface area contributed by atoms with Crippen LogP contribution in [0.2, 0.25) is 0 Å². The van der Waals surface area contributed by atoms with E-state index in [1.165, 1.54) is 0 Å². The van der Waals surface area contributed by atoms with Crippen LogP contribution in [0.3, 0.4) is 0 Å². The fourth-order valence-corrected chi connectivity index (χ4v) is 1.66. The van der Waals surface area contributed by atoms with Crippen LogP contribution in [0.5, 0.6) is 5.75 Å². The normalized spacial score (nSPS) is 9.95. The van der Waals surface area contributed by atoms with Crippen molar-refractivity contribution in [2.75, 3.05) is 12.8 Å². The van der Waals surface area contributed by atoms with Gasteiger partial charge in [0, 0.05) is 12.7 Å². The minimum atomic E-state index is -0.213. The molecular formula is C14H15N3O2. The molecule has 0 spiro atoms. The Kier molecular flexibility index (Phi) is 3.97. The molecule has 3 N–H and O–H groups in total. The number of benzene rings is 1. The van der Waals surface area contributed by atoms with E-state index in [1.54, 1.807) is 43.6 Å². The second-order valence-electron chi connectivity index (χ2n) is 3.97. The molecule has 1 aromatic heterocycles. The zero-order valence-electron chi connectivity index (χ0n) is 10.6. The van der Waals surface area contributed by atoms with Gasteiger partial charge in [-0.05, 0) is 29.8 Å². The van der Waals surface area contributed by atoms with Gasteiger partial charge >= 0.3 is 0 Å². The number of nitrogens with zero attached hydrogens (tertiary/aromatic N) is 1. The van der Waals surface area contributed by atoms with E-state index in [1.807, 2.05) is 6.07 Å². The number of aromatic nitrogens is 1. The second-order valence-corrected chi connectivity index (χ2v) is 3.97. The Bertz CT molecular complexity index is 570. The summed E-state index contributed by atoms with van der Waals surface area (Å²) >= 11 is 0. The molecule has 2 aromatic rings. The number of carbonyl (C=O) groups is 1. The van der Waals surface area contributed by atoms with Crippen molar-refractivity contribution in [1.29, 1.82) is 0 Å². The Hall–Kier alpha value is -2.56. The molecule has 0 saturated carbocycles. The van der Waals surface area contributed by atoms with E-state index in [4.69, 9.17) is 10.5 Å². The minimum Gasteiger partial charge on any atom is -0.495 e. The van der Waals surface area contributed by atoms with Gasteiger partial charge in [-0.15, -0.1) is 0 Å². The lowest BCUT2D eigenvalue weighted by Crippen LogP contribution is -2.23. The maximum absolute atomic E-state index is 11.8. The Morgan fingerprint density at radius 3 is 2.84 bits per heavy atom. The number of carbonyl (C=O) groups excluding carboxylic acids is 1. The second kappa shape index (κ2) is 5.86. The van der Waals surface area contributed by atoms with Crippen molar-refractivity contribution in [2.45, 2.75) is 6.54 Å². The maximum atomic E-state index is 11.8. The molecule has 5 nitrogen and oxygen atoms in total. The smallest absolute Gasteiger partial charge is 0.270 e. The molecule has 0 aliphatic carbocycles. The van der Waals surface area contributed by atoms with Crippen molar-refractivity contribution >= 4 is 11.6 Å². The van der Waals surface area contributed by atoms with Crippen molar-refractivity contribution in [2.24, 2.45) is 0 Å². The Balaban J connectivity index is 1.99. The van der Waals surface area contributed by atoms with Gasteiger partial charge in [-0.3, -0.25) is 9.78 Å². The topological polar surface area (TPSA) is 77.2 Å². The van der Waals surface area contributed by atoms with Gasteiger partial charge in [0.25, 0.3) is 5.91 Å². The van der Waals surface area contributed by atoms with Crippen LogP contribution in [-0.2, 0) is 6.54 Å². The van der Waals surface area contributed by atoms with Crippen LogP contribution in [0.1, 0.15) is 16.1 Å². The van der Waals surface area contributed by atoms with Crippen LogP contribution in [0.25, 0.3) is 0 Å². The first kappa shape index (κ1) is 12.9. The zero-order chi connectivity index (χ0) is 13.7. The number of amides is 1. The standard InChI is InChI=1S/C14H15N3O2/c1-19-13-6-5-10(8-11(13)15)9-17-14(18)12-4-2-3-7-16-12/h2-8H,9,15H2,1H3,(H,17,18). The van der Waals surface area contributed by atoms with E-state index in [0.29, 0.717) is 23.7 Å².